The molecule has 0 atom stereocenters. The number of hydrogen-bond donors (Lipinski definition) is 2. The van der Waals surface area contributed by atoms with Gasteiger partial charge >= 0.3 is 6.03 Å². The Morgan fingerprint density at radius 2 is 2.18 bits per heavy atom. The lowest BCUT2D eigenvalue weighted by Gasteiger charge is -2.10. The maximum atomic E-state index is 11.9. The molecular weight excluding hydrogens is 280 g/mol. The zero-order valence-corrected chi connectivity index (χ0v) is 12.4. The molecular formula is C16H16N4O2. The second-order valence-electron chi connectivity index (χ2n) is 4.66. The van der Waals surface area contributed by atoms with E-state index in [0.29, 0.717) is 23.7 Å². The summed E-state index contributed by atoms with van der Waals surface area (Å²) in [5, 5.41) is 14.4. The molecule has 0 unspecified atom stereocenters. The van der Waals surface area contributed by atoms with Gasteiger partial charge in [-0.3, -0.25) is 0 Å². The van der Waals surface area contributed by atoms with Gasteiger partial charge in [-0.15, -0.1) is 0 Å². The lowest BCUT2D eigenvalue weighted by atomic mass is 10.1. The van der Waals surface area contributed by atoms with Gasteiger partial charge in [-0.05, 0) is 36.2 Å². The molecule has 0 radical (unpaired) electrons. The van der Waals surface area contributed by atoms with E-state index in [-0.39, 0.29) is 6.03 Å². The lowest BCUT2D eigenvalue weighted by molar-refractivity contribution is 0.251. The second kappa shape index (κ2) is 7.09. The summed E-state index contributed by atoms with van der Waals surface area (Å²) < 4.78 is 5.03. The van der Waals surface area contributed by atoms with Gasteiger partial charge in [0.1, 0.15) is 0 Å². The molecule has 0 aliphatic heterocycles. The van der Waals surface area contributed by atoms with Crippen molar-refractivity contribution in [2.75, 3.05) is 12.4 Å². The summed E-state index contributed by atoms with van der Waals surface area (Å²) in [7, 11) is 1.54. The Labute approximate surface area is 128 Å². The Morgan fingerprint density at radius 1 is 1.36 bits per heavy atom. The zero-order chi connectivity index (χ0) is 15.9. The zero-order valence-electron chi connectivity index (χ0n) is 12.4. The molecule has 0 saturated carbocycles. The number of aromatic nitrogens is 1. The van der Waals surface area contributed by atoms with E-state index >= 15 is 0 Å². The molecule has 0 aliphatic rings. The summed E-state index contributed by atoms with van der Waals surface area (Å²) in [4.78, 5) is 15.9. The van der Waals surface area contributed by atoms with Crippen LogP contribution in [0.1, 0.15) is 16.7 Å². The highest BCUT2D eigenvalue weighted by Crippen LogP contribution is 2.16. The molecule has 6 nitrogen and oxygen atoms in total. The van der Waals surface area contributed by atoms with Crippen molar-refractivity contribution < 1.29 is 9.53 Å². The number of rotatable bonds is 4. The van der Waals surface area contributed by atoms with Crippen molar-refractivity contribution in [3.63, 3.8) is 0 Å². The number of nitrogens with one attached hydrogen (secondary N) is 2. The van der Waals surface area contributed by atoms with Crippen LogP contribution in [0.3, 0.4) is 0 Å². The normalized spacial score (nSPS) is 9.68. The van der Waals surface area contributed by atoms with E-state index in [9.17, 15) is 4.79 Å². The summed E-state index contributed by atoms with van der Waals surface area (Å²) in [5.74, 6) is 0.497. The Balaban J connectivity index is 1.97. The number of anilines is 1. The van der Waals surface area contributed by atoms with Gasteiger partial charge in [-0.2, -0.15) is 5.26 Å². The minimum absolute atomic E-state index is 0.339. The Bertz CT molecular complexity index is 722. The molecule has 0 aliphatic carbocycles. The first-order valence-corrected chi connectivity index (χ1v) is 6.67. The molecule has 0 spiro atoms. The third-order valence-corrected chi connectivity index (χ3v) is 3.08. The summed E-state index contributed by atoms with van der Waals surface area (Å²) >= 11 is 0. The largest absolute Gasteiger partial charge is 0.481 e. The molecule has 2 rings (SSSR count). The summed E-state index contributed by atoms with van der Waals surface area (Å²) in [6, 6.07) is 10.4. The number of ether oxygens (including phenoxy) is 1. The maximum Gasteiger partial charge on any atom is 0.319 e. The predicted molar refractivity (Wildman–Crippen MR) is 82.5 cm³/mol. The van der Waals surface area contributed by atoms with Crippen LogP contribution in [0.25, 0.3) is 0 Å². The molecule has 6 heteroatoms. The third kappa shape index (κ3) is 3.96. The number of urea groups is 1. The quantitative estimate of drug-likeness (QED) is 0.907. The topological polar surface area (TPSA) is 87.0 Å². The molecule has 0 fully saturated rings. The summed E-state index contributed by atoms with van der Waals surface area (Å²) in [6.07, 6.45) is 1.62. The van der Waals surface area contributed by atoms with Crippen molar-refractivity contribution in [3.05, 3.63) is 53.2 Å². The summed E-state index contributed by atoms with van der Waals surface area (Å²) in [5.41, 5.74) is 2.88. The van der Waals surface area contributed by atoms with Crippen molar-refractivity contribution in [2.45, 2.75) is 13.5 Å². The van der Waals surface area contributed by atoms with Gasteiger partial charge in [-0.1, -0.05) is 6.07 Å². The van der Waals surface area contributed by atoms with Gasteiger partial charge in [0, 0.05) is 24.5 Å². The van der Waals surface area contributed by atoms with Crippen LogP contribution in [0, 0.1) is 18.3 Å². The van der Waals surface area contributed by atoms with Crippen molar-refractivity contribution in [3.8, 4) is 11.9 Å². The van der Waals surface area contributed by atoms with Gasteiger partial charge in [0.2, 0.25) is 5.88 Å². The van der Waals surface area contributed by atoms with Crippen LogP contribution >= 0.6 is 0 Å². The molecule has 0 saturated heterocycles. The minimum Gasteiger partial charge on any atom is -0.481 e. The number of carbonyl (C=O) groups excluding carboxylic acids is 1. The fourth-order valence-electron chi connectivity index (χ4n) is 1.85. The molecule has 22 heavy (non-hydrogen) atoms. The van der Waals surface area contributed by atoms with E-state index in [4.69, 9.17) is 10.00 Å². The Kier molecular flexibility index (Phi) is 4.94. The van der Waals surface area contributed by atoms with Crippen molar-refractivity contribution >= 4 is 11.7 Å². The average molecular weight is 296 g/mol. The molecule has 2 N–H and O–H groups in total. The molecule has 1 aromatic heterocycles. The Morgan fingerprint density at radius 3 is 2.91 bits per heavy atom. The van der Waals surface area contributed by atoms with Gasteiger partial charge in [0.25, 0.3) is 0 Å². The highest BCUT2D eigenvalue weighted by molar-refractivity contribution is 5.90. The average Bonchev–Trinajstić information content (AvgIpc) is 2.55. The van der Waals surface area contributed by atoms with E-state index in [1.165, 1.54) is 7.11 Å². The van der Waals surface area contributed by atoms with E-state index in [0.717, 1.165) is 11.1 Å². The lowest BCUT2D eigenvalue weighted by Crippen LogP contribution is -2.28. The number of amides is 2. The standard InChI is InChI=1S/C16H16N4O2/c1-11-3-4-12(9-17)7-14(11)20-16(21)19-10-13-5-6-18-15(8-13)22-2/h3-8H,10H2,1-2H3,(H2,19,20,21). The molecule has 0 bridgehead atoms. The number of aryl methyl sites for hydroxylation is 1. The first kappa shape index (κ1) is 15.3. The monoisotopic (exact) mass is 296 g/mol. The summed E-state index contributed by atoms with van der Waals surface area (Å²) in [6.45, 7) is 2.21. The molecule has 1 aromatic carbocycles. The number of pyridine rings is 1. The van der Waals surface area contributed by atoms with Crippen LogP contribution < -0.4 is 15.4 Å². The second-order valence-corrected chi connectivity index (χ2v) is 4.66. The minimum atomic E-state index is -0.339. The number of carbonyl (C=O) groups is 1. The van der Waals surface area contributed by atoms with Crippen LogP contribution in [0.4, 0.5) is 10.5 Å². The van der Waals surface area contributed by atoms with Crippen LogP contribution in [-0.2, 0) is 6.54 Å². The number of hydrogen-bond acceptors (Lipinski definition) is 4. The van der Waals surface area contributed by atoms with Crippen molar-refractivity contribution in [1.29, 1.82) is 5.26 Å². The van der Waals surface area contributed by atoms with Gasteiger partial charge in [0.15, 0.2) is 0 Å². The van der Waals surface area contributed by atoms with Crippen LogP contribution in [-0.4, -0.2) is 18.1 Å². The highest BCUT2D eigenvalue weighted by atomic mass is 16.5. The number of methoxy groups -OCH3 is 1. The Hall–Kier alpha value is -3.07. The fourth-order valence-corrected chi connectivity index (χ4v) is 1.85. The van der Waals surface area contributed by atoms with Crippen LogP contribution in [0.15, 0.2) is 36.5 Å². The first-order valence-electron chi connectivity index (χ1n) is 6.67. The number of nitrogens with zero attached hydrogens (tertiary/aromatic N) is 2. The highest BCUT2D eigenvalue weighted by Gasteiger charge is 2.06. The molecule has 112 valence electrons. The molecule has 1 heterocycles. The van der Waals surface area contributed by atoms with Gasteiger partial charge < -0.3 is 15.4 Å². The SMILES string of the molecule is COc1cc(CNC(=O)Nc2cc(C#N)ccc2C)ccn1. The third-order valence-electron chi connectivity index (χ3n) is 3.08. The van der Waals surface area contributed by atoms with Crippen molar-refractivity contribution in [2.24, 2.45) is 0 Å². The predicted octanol–water partition coefficient (Wildman–Crippen LogP) is 2.59. The molecule has 2 amide bonds. The first-order chi connectivity index (χ1) is 10.6. The van der Waals surface area contributed by atoms with E-state index in [2.05, 4.69) is 15.6 Å². The van der Waals surface area contributed by atoms with E-state index in [1.54, 1.807) is 36.5 Å². The van der Waals surface area contributed by atoms with Crippen LogP contribution in [0.2, 0.25) is 0 Å². The van der Waals surface area contributed by atoms with E-state index < -0.39 is 0 Å². The number of benzene rings is 1. The number of nitriles is 1. The molecule has 2 aromatic rings. The smallest absolute Gasteiger partial charge is 0.319 e. The van der Waals surface area contributed by atoms with E-state index in [1.807, 2.05) is 13.0 Å². The van der Waals surface area contributed by atoms with Crippen LogP contribution in [0.5, 0.6) is 5.88 Å². The maximum absolute atomic E-state index is 11.9. The van der Waals surface area contributed by atoms with Crippen molar-refractivity contribution in [1.82, 2.24) is 10.3 Å². The van der Waals surface area contributed by atoms with Gasteiger partial charge in [0.05, 0.1) is 18.7 Å². The fraction of sp³-hybridized carbons (Fsp3) is 0.188. The van der Waals surface area contributed by atoms with Gasteiger partial charge in [-0.25, -0.2) is 9.78 Å².